The van der Waals surface area contributed by atoms with Crippen LogP contribution in [0.3, 0.4) is 0 Å². The van der Waals surface area contributed by atoms with Gasteiger partial charge in [-0.3, -0.25) is 14.5 Å². The average molecular weight is 639 g/mol. The van der Waals surface area contributed by atoms with Gasteiger partial charge in [0.25, 0.3) is 5.78 Å². The first-order valence-corrected chi connectivity index (χ1v) is 15.5. The molecular weight excluding hydrogens is 612 g/mol. The van der Waals surface area contributed by atoms with Gasteiger partial charge in [0.2, 0.25) is 0 Å². The van der Waals surface area contributed by atoms with Crippen LogP contribution in [0.25, 0.3) is 16.0 Å². The molecule has 45 heavy (non-hydrogen) atoms. The lowest BCUT2D eigenvalue weighted by Gasteiger charge is -2.24. The molecule has 1 saturated heterocycles. The number of halogens is 1. The van der Waals surface area contributed by atoms with E-state index in [1.54, 1.807) is 54.6 Å². The average Bonchev–Trinajstić information content (AvgIpc) is 3.71. The molecule has 7 rings (SSSR count). The SMILES string of the molecule is COc1cc([C@@H]2/C(=C(\O)c3ccc4c(c3)C[C@@H](C)O4)C(=O)C(=O)N2c2nc3ccc(Cl)cc3s2)ccc1OCc1ccccc1. The highest BCUT2D eigenvalue weighted by Gasteiger charge is 2.48. The maximum atomic E-state index is 13.8. The molecule has 226 valence electrons. The molecule has 1 N–H and O–H groups in total. The zero-order valence-electron chi connectivity index (χ0n) is 24.3. The van der Waals surface area contributed by atoms with Crippen LogP contribution >= 0.6 is 22.9 Å². The highest BCUT2D eigenvalue weighted by molar-refractivity contribution is 7.22. The zero-order valence-corrected chi connectivity index (χ0v) is 25.9. The Hall–Kier alpha value is -4.86. The molecule has 4 aromatic carbocycles. The number of hydrogen-bond donors (Lipinski definition) is 1. The molecule has 0 radical (unpaired) electrons. The molecule has 8 nitrogen and oxygen atoms in total. The minimum atomic E-state index is -0.999. The van der Waals surface area contributed by atoms with E-state index in [1.807, 2.05) is 37.3 Å². The molecule has 2 aliphatic rings. The minimum absolute atomic E-state index is 0.00519. The number of aromatic nitrogens is 1. The number of carbonyl (C=O) groups is 2. The highest BCUT2D eigenvalue weighted by atomic mass is 35.5. The van der Waals surface area contributed by atoms with Crippen molar-refractivity contribution in [3.8, 4) is 17.2 Å². The quantitative estimate of drug-likeness (QED) is 0.112. The van der Waals surface area contributed by atoms with Gasteiger partial charge in [-0.05, 0) is 72.1 Å². The number of thiazole rings is 1. The van der Waals surface area contributed by atoms with E-state index in [1.165, 1.54) is 23.3 Å². The molecule has 10 heteroatoms. The molecule has 0 bridgehead atoms. The van der Waals surface area contributed by atoms with Gasteiger partial charge in [0, 0.05) is 17.0 Å². The summed E-state index contributed by atoms with van der Waals surface area (Å²) in [6, 6.07) is 24.5. The maximum Gasteiger partial charge on any atom is 0.301 e. The van der Waals surface area contributed by atoms with Gasteiger partial charge in [-0.2, -0.15) is 0 Å². The van der Waals surface area contributed by atoms with E-state index in [2.05, 4.69) is 4.98 Å². The molecule has 2 atom stereocenters. The van der Waals surface area contributed by atoms with Crippen LogP contribution in [0.4, 0.5) is 5.13 Å². The number of hydrogen-bond acceptors (Lipinski definition) is 8. The first-order chi connectivity index (χ1) is 21.8. The number of carbonyl (C=O) groups excluding carboxylic acids is 2. The van der Waals surface area contributed by atoms with Crippen LogP contribution in [-0.2, 0) is 22.6 Å². The van der Waals surface area contributed by atoms with E-state index < -0.39 is 17.7 Å². The summed E-state index contributed by atoms with van der Waals surface area (Å²) in [5.41, 5.74) is 3.44. The number of fused-ring (bicyclic) bond motifs is 2. The van der Waals surface area contributed by atoms with Crippen LogP contribution < -0.4 is 19.1 Å². The van der Waals surface area contributed by atoms with Crippen molar-refractivity contribution >= 4 is 55.7 Å². The predicted octanol–water partition coefficient (Wildman–Crippen LogP) is 7.49. The second-order valence-corrected chi connectivity index (χ2v) is 12.4. The Labute approximate surface area is 268 Å². The molecule has 1 fully saturated rings. The van der Waals surface area contributed by atoms with Gasteiger partial charge in [-0.1, -0.05) is 59.3 Å². The molecule has 3 heterocycles. The number of rotatable bonds is 7. The number of ketones is 1. The number of amides is 1. The molecule has 0 spiro atoms. The van der Waals surface area contributed by atoms with Crippen LogP contribution in [0.15, 0.2) is 90.5 Å². The summed E-state index contributed by atoms with van der Waals surface area (Å²) in [6.07, 6.45) is 0.676. The van der Waals surface area contributed by atoms with Gasteiger partial charge in [0.1, 0.15) is 24.2 Å². The fourth-order valence-electron chi connectivity index (χ4n) is 5.77. The molecule has 0 saturated carbocycles. The molecule has 2 aliphatic heterocycles. The number of ether oxygens (including phenoxy) is 3. The third-order valence-electron chi connectivity index (χ3n) is 7.90. The Balaban J connectivity index is 1.35. The Morgan fingerprint density at radius 1 is 1.04 bits per heavy atom. The van der Waals surface area contributed by atoms with Crippen LogP contribution in [0.2, 0.25) is 5.02 Å². The number of Topliss-reactive ketones (excluding diaryl/α,β-unsaturated/α-hetero) is 1. The summed E-state index contributed by atoms with van der Waals surface area (Å²) in [4.78, 5) is 33.6. The van der Waals surface area contributed by atoms with Gasteiger partial charge < -0.3 is 19.3 Å². The van der Waals surface area contributed by atoms with Crippen molar-refractivity contribution in [1.82, 2.24) is 4.98 Å². The van der Waals surface area contributed by atoms with E-state index in [0.29, 0.717) is 51.3 Å². The summed E-state index contributed by atoms with van der Waals surface area (Å²) < 4.78 is 18.3. The smallest absolute Gasteiger partial charge is 0.301 e. The molecular formula is C35H27ClN2O6S. The lowest BCUT2D eigenvalue weighted by Crippen LogP contribution is -2.29. The second-order valence-electron chi connectivity index (χ2n) is 10.9. The Morgan fingerprint density at radius 2 is 1.87 bits per heavy atom. The third kappa shape index (κ3) is 5.28. The summed E-state index contributed by atoms with van der Waals surface area (Å²) in [7, 11) is 1.52. The van der Waals surface area contributed by atoms with Crippen molar-refractivity contribution in [3.63, 3.8) is 0 Å². The van der Waals surface area contributed by atoms with Crippen molar-refractivity contribution in [2.75, 3.05) is 12.0 Å². The fraction of sp³-hybridized carbons (Fsp3) is 0.171. The number of aliphatic hydroxyl groups excluding tert-OH is 1. The second kappa shape index (κ2) is 11.6. The summed E-state index contributed by atoms with van der Waals surface area (Å²) in [5.74, 6) is -0.259. The Kier molecular flexibility index (Phi) is 7.43. The predicted molar refractivity (Wildman–Crippen MR) is 173 cm³/mol. The van der Waals surface area contributed by atoms with E-state index in [-0.39, 0.29) is 17.4 Å². The van der Waals surface area contributed by atoms with Gasteiger partial charge in [-0.25, -0.2) is 4.98 Å². The number of aliphatic hydroxyl groups is 1. The standard InChI is InChI=1S/C35H27ClN2O6S/c1-19-14-23-15-22(9-12-26(23)44-19)32(39)30-31(21-8-13-27(28(16-21)42-2)43-18-20-6-4-3-5-7-20)38(34(41)33(30)40)35-37-25-11-10-24(36)17-29(25)45-35/h3-13,15-17,19,31,39H,14,18H2,1-2H3/b32-30+/t19-,31-/m1/s1. The first-order valence-electron chi connectivity index (χ1n) is 14.3. The van der Waals surface area contributed by atoms with Crippen molar-refractivity contribution < 1.29 is 28.9 Å². The zero-order chi connectivity index (χ0) is 31.2. The number of nitrogens with zero attached hydrogens (tertiary/aromatic N) is 2. The van der Waals surface area contributed by atoms with Gasteiger partial charge in [0.05, 0.1) is 28.9 Å². The van der Waals surface area contributed by atoms with Gasteiger partial charge in [-0.15, -0.1) is 0 Å². The fourth-order valence-corrected chi connectivity index (χ4v) is 7.04. The maximum absolute atomic E-state index is 13.8. The lowest BCUT2D eigenvalue weighted by molar-refractivity contribution is -0.132. The van der Waals surface area contributed by atoms with Crippen molar-refractivity contribution in [2.45, 2.75) is 32.1 Å². The monoisotopic (exact) mass is 638 g/mol. The molecule has 5 aromatic rings. The normalized spacial score (nSPS) is 18.7. The van der Waals surface area contributed by atoms with E-state index in [9.17, 15) is 14.7 Å². The van der Waals surface area contributed by atoms with Crippen LogP contribution in [0, 0.1) is 0 Å². The topological polar surface area (TPSA) is 98.2 Å². The number of anilines is 1. The van der Waals surface area contributed by atoms with E-state index >= 15 is 0 Å². The van der Waals surface area contributed by atoms with E-state index in [4.69, 9.17) is 25.8 Å². The molecule has 1 amide bonds. The number of benzene rings is 4. The Morgan fingerprint density at radius 3 is 2.67 bits per heavy atom. The van der Waals surface area contributed by atoms with Crippen molar-refractivity contribution in [3.05, 3.63) is 118 Å². The molecule has 0 aliphatic carbocycles. The largest absolute Gasteiger partial charge is 0.507 e. The summed E-state index contributed by atoms with van der Waals surface area (Å²) in [6.45, 7) is 2.29. The molecule has 1 aromatic heterocycles. The summed E-state index contributed by atoms with van der Waals surface area (Å²) >= 11 is 7.47. The van der Waals surface area contributed by atoms with Gasteiger partial charge >= 0.3 is 5.91 Å². The van der Waals surface area contributed by atoms with Crippen molar-refractivity contribution in [1.29, 1.82) is 0 Å². The lowest BCUT2D eigenvalue weighted by atomic mass is 9.94. The van der Waals surface area contributed by atoms with Crippen LogP contribution in [0.1, 0.15) is 35.2 Å². The van der Waals surface area contributed by atoms with E-state index in [0.717, 1.165) is 21.6 Å². The third-order valence-corrected chi connectivity index (χ3v) is 9.15. The van der Waals surface area contributed by atoms with Crippen LogP contribution in [0.5, 0.6) is 17.2 Å². The molecule has 0 unspecified atom stereocenters. The Bertz CT molecular complexity index is 2010. The van der Waals surface area contributed by atoms with Gasteiger partial charge in [0.15, 0.2) is 16.6 Å². The first kappa shape index (κ1) is 28.9. The highest BCUT2D eigenvalue weighted by Crippen LogP contribution is 2.46. The number of methoxy groups -OCH3 is 1. The van der Waals surface area contributed by atoms with Crippen molar-refractivity contribution in [2.24, 2.45) is 0 Å². The minimum Gasteiger partial charge on any atom is -0.507 e. The summed E-state index contributed by atoms with van der Waals surface area (Å²) in [5, 5.41) is 12.6. The van der Waals surface area contributed by atoms with Crippen LogP contribution in [-0.4, -0.2) is 35.0 Å².